The van der Waals surface area contributed by atoms with Crippen molar-refractivity contribution in [2.24, 2.45) is 5.73 Å². The molecule has 1 heterocycles. The first-order valence-corrected chi connectivity index (χ1v) is 6.76. The van der Waals surface area contributed by atoms with Gasteiger partial charge in [0.2, 0.25) is 0 Å². The van der Waals surface area contributed by atoms with Gasteiger partial charge in [0.1, 0.15) is 0 Å². The van der Waals surface area contributed by atoms with Gasteiger partial charge in [-0.2, -0.15) is 0 Å². The van der Waals surface area contributed by atoms with Crippen molar-refractivity contribution in [3.63, 3.8) is 0 Å². The van der Waals surface area contributed by atoms with Gasteiger partial charge in [-0.15, -0.1) is 0 Å². The van der Waals surface area contributed by atoms with E-state index in [2.05, 4.69) is 36.4 Å². The highest BCUT2D eigenvalue weighted by atomic mass is 15.1. The molecule has 0 amide bonds. The molecule has 3 nitrogen and oxygen atoms in total. The van der Waals surface area contributed by atoms with Gasteiger partial charge in [0.15, 0.2) is 0 Å². The Balaban J connectivity index is 2.17. The van der Waals surface area contributed by atoms with Gasteiger partial charge in [-0.05, 0) is 51.4 Å². The third-order valence-electron chi connectivity index (χ3n) is 4.02. The number of aromatic nitrogens is 1. The fraction of sp³-hybridized carbons (Fsp3) is 0.714. The highest BCUT2D eigenvalue weighted by Gasteiger charge is 2.21. The second-order valence-electron chi connectivity index (χ2n) is 5.23. The smallest absolute Gasteiger partial charge is 0.0352 e. The predicted molar refractivity (Wildman–Crippen MR) is 72.2 cm³/mol. The summed E-state index contributed by atoms with van der Waals surface area (Å²) < 4.78 is 2.47. The molecular weight excluding hydrogens is 210 g/mol. The van der Waals surface area contributed by atoms with E-state index in [0.717, 1.165) is 26.1 Å². The molecule has 17 heavy (non-hydrogen) atoms. The van der Waals surface area contributed by atoms with Crippen LogP contribution in [0, 0.1) is 6.92 Å². The minimum atomic E-state index is 0.266. The molecule has 0 bridgehead atoms. The standard InChI is InChI=1S/C14H25N3/c1-4-16(3)8-9-17-11(2)10-12-13(15)6-5-7-14(12)17/h10,13H,4-9,15H2,1-3H3. The van der Waals surface area contributed by atoms with Crippen LogP contribution in [0.4, 0.5) is 0 Å². The van der Waals surface area contributed by atoms with Crippen LogP contribution in [0.5, 0.6) is 0 Å². The molecule has 0 spiro atoms. The lowest BCUT2D eigenvalue weighted by Gasteiger charge is -2.22. The number of fused-ring (bicyclic) bond motifs is 1. The minimum absolute atomic E-state index is 0.266. The summed E-state index contributed by atoms with van der Waals surface area (Å²) in [7, 11) is 2.18. The van der Waals surface area contributed by atoms with E-state index in [4.69, 9.17) is 5.73 Å². The Hall–Kier alpha value is -0.800. The Morgan fingerprint density at radius 1 is 1.53 bits per heavy atom. The number of rotatable bonds is 4. The Morgan fingerprint density at radius 2 is 2.29 bits per heavy atom. The summed E-state index contributed by atoms with van der Waals surface area (Å²) in [5.74, 6) is 0. The van der Waals surface area contributed by atoms with Crippen LogP contribution in [0.2, 0.25) is 0 Å². The number of hydrogen-bond donors (Lipinski definition) is 1. The molecule has 0 saturated heterocycles. The van der Waals surface area contributed by atoms with Gasteiger partial charge in [-0.3, -0.25) is 0 Å². The lowest BCUT2D eigenvalue weighted by Crippen LogP contribution is -2.25. The van der Waals surface area contributed by atoms with E-state index in [1.54, 1.807) is 0 Å². The average molecular weight is 235 g/mol. The van der Waals surface area contributed by atoms with E-state index >= 15 is 0 Å². The van der Waals surface area contributed by atoms with E-state index in [1.165, 1.54) is 29.8 Å². The first-order valence-electron chi connectivity index (χ1n) is 6.76. The number of hydrogen-bond acceptors (Lipinski definition) is 2. The highest BCUT2D eigenvalue weighted by Crippen LogP contribution is 2.30. The van der Waals surface area contributed by atoms with Crippen LogP contribution in [0.1, 0.15) is 42.8 Å². The molecule has 1 aliphatic carbocycles. The van der Waals surface area contributed by atoms with Gasteiger partial charge < -0.3 is 15.2 Å². The van der Waals surface area contributed by atoms with Gasteiger partial charge in [-0.1, -0.05) is 6.92 Å². The van der Waals surface area contributed by atoms with Crippen molar-refractivity contribution in [1.29, 1.82) is 0 Å². The van der Waals surface area contributed by atoms with Crippen LogP contribution in [0.25, 0.3) is 0 Å². The van der Waals surface area contributed by atoms with E-state index in [9.17, 15) is 0 Å². The average Bonchev–Trinajstić information content (AvgIpc) is 2.64. The second-order valence-corrected chi connectivity index (χ2v) is 5.23. The van der Waals surface area contributed by atoms with Crippen LogP contribution in [-0.4, -0.2) is 29.6 Å². The van der Waals surface area contributed by atoms with Crippen molar-refractivity contribution >= 4 is 0 Å². The summed E-state index contributed by atoms with van der Waals surface area (Å²) in [5, 5.41) is 0. The molecule has 1 aliphatic rings. The Morgan fingerprint density at radius 3 is 3.00 bits per heavy atom. The monoisotopic (exact) mass is 235 g/mol. The molecule has 0 aromatic carbocycles. The zero-order valence-electron chi connectivity index (χ0n) is 11.4. The predicted octanol–water partition coefficient (Wildman–Crippen LogP) is 2.08. The fourth-order valence-electron chi connectivity index (χ4n) is 2.74. The van der Waals surface area contributed by atoms with Crippen molar-refractivity contribution < 1.29 is 0 Å². The molecular formula is C14H25N3. The first-order chi connectivity index (χ1) is 8.13. The van der Waals surface area contributed by atoms with Gasteiger partial charge in [0, 0.05) is 30.5 Å². The molecule has 0 fully saturated rings. The lowest BCUT2D eigenvalue weighted by molar-refractivity contribution is 0.331. The van der Waals surface area contributed by atoms with E-state index < -0.39 is 0 Å². The summed E-state index contributed by atoms with van der Waals surface area (Å²) in [5.41, 5.74) is 10.4. The number of aryl methyl sites for hydroxylation is 1. The van der Waals surface area contributed by atoms with E-state index in [1.807, 2.05) is 0 Å². The quantitative estimate of drug-likeness (QED) is 0.867. The van der Waals surface area contributed by atoms with Gasteiger partial charge in [0.05, 0.1) is 0 Å². The lowest BCUT2D eigenvalue weighted by atomic mass is 9.93. The maximum Gasteiger partial charge on any atom is 0.0352 e. The summed E-state index contributed by atoms with van der Waals surface area (Å²) in [6.45, 7) is 7.73. The van der Waals surface area contributed by atoms with E-state index in [0.29, 0.717) is 0 Å². The number of likely N-dealkylation sites (N-methyl/N-ethyl adjacent to an activating group) is 1. The van der Waals surface area contributed by atoms with Crippen molar-refractivity contribution in [2.75, 3.05) is 20.1 Å². The van der Waals surface area contributed by atoms with Gasteiger partial charge >= 0.3 is 0 Å². The summed E-state index contributed by atoms with van der Waals surface area (Å²) in [6, 6.07) is 2.56. The molecule has 2 rings (SSSR count). The van der Waals surface area contributed by atoms with Crippen molar-refractivity contribution in [3.05, 3.63) is 23.0 Å². The molecule has 1 aromatic heterocycles. The SMILES string of the molecule is CCN(C)CCn1c(C)cc2c1CCCC2N. The van der Waals surface area contributed by atoms with Crippen LogP contribution in [0.15, 0.2) is 6.07 Å². The third-order valence-corrected chi connectivity index (χ3v) is 4.02. The molecule has 1 aromatic rings. The fourth-order valence-corrected chi connectivity index (χ4v) is 2.74. The van der Waals surface area contributed by atoms with Crippen LogP contribution >= 0.6 is 0 Å². The molecule has 0 aliphatic heterocycles. The van der Waals surface area contributed by atoms with Crippen LogP contribution in [-0.2, 0) is 13.0 Å². The van der Waals surface area contributed by atoms with Crippen molar-refractivity contribution in [3.8, 4) is 0 Å². The molecule has 2 N–H and O–H groups in total. The molecule has 0 saturated carbocycles. The number of nitrogens with zero attached hydrogens (tertiary/aromatic N) is 2. The van der Waals surface area contributed by atoms with Crippen LogP contribution < -0.4 is 5.73 Å². The van der Waals surface area contributed by atoms with Gasteiger partial charge in [0.25, 0.3) is 0 Å². The van der Waals surface area contributed by atoms with Gasteiger partial charge in [-0.25, -0.2) is 0 Å². The minimum Gasteiger partial charge on any atom is -0.347 e. The molecule has 3 heteroatoms. The Bertz CT molecular complexity index is 381. The Labute approximate surface area is 105 Å². The zero-order chi connectivity index (χ0) is 12.4. The van der Waals surface area contributed by atoms with E-state index in [-0.39, 0.29) is 6.04 Å². The summed E-state index contributed by atoms with van der Waals surface area (Å²) >= 11 is 0. The highest BCUT2D eigenvalue weighted by molar-refractivity contribution is 5.32. The molecule has 1 unspecified atom stereocenters. The largest absolute Gasteiger partial charge is 0.347 e. The van der Waals surface area contributed by atoms with Crippen LogP contribution in [0.3, 0.4) is 0 Å². The molecule has 1 atom stereocenters. The maximum atomic E-state index is 6.19. The first kappa shape index (κ1) is 12.7. The Kier molecular flexibility index (Phi) is 3.89. The summed E-state index contributed by atoms with van der Waals surface area (Å²) in [4.78, 5) is 2.36. The molecule has 96 valence electrons. The topological polar surface area (TPSA) is 34.2 Å². The van der Waals surface area contributed by atoms with Crippen molar-refractivity contribution in [1.82, 2.24) is 9.47 Å². The summed E-state index contributed by atoms with van der Waals surface area (Å²) in [6.07, 6.45) is 3.58. The van der Waals surface area contributed by atoms with Crippen molar-refractivity contribution in [2.45, 2.75) is 45.7 Å². The maximum absolute atomic E-state index is 6.19. The third kappa shape index (κ3) is 2.55. The normalized spacial score (nSPS) is 19.7. The zero-order valence-corrected chi connectivity index (χ0v) is 11.4. The molecule has 0 radical (unpaired) electrons. The number of nitrogens with two attached hydrogens (primary N) is 1. The second kappa shape index (κ2) is 5.23.